The molecule has 1 aromatic rings. The molecule has 1 rings (SSSR count). The molecule has 0 radical (unpaired) electrons. The van der Waals surface area contributed by atoms with Crippen LogP contribution < -0.4 is 4.74 Å². The Balaban J connectivity index is 3.27. The summed E-state index contributed by atoms with van der Waals surface area (Å²) >= 11 is 10.5. The largest absolute Gasteiger partial charge is 0.515 e. The molecule has 8 heteroatoms. The van der Waals surface area contributed by atoms with Gasteiger partial charge < -0.3 is 14.9 Å². The average Bonchev–Trinajstić information content (AvgIpc) is 2.57. The number of Topliss-reactive ketones (excluding diaryl/α,β-unsaturated/α-hetero) is 1. The van der Waals surface area contributed by atoms with Gasteiger partial charge in [0.15, 0.2) is 5.78 Å². The summed E-state index contributed by atoms with van der Waals surface area (Å²) in [7, 11) is 0. The van der Waals surface area contributed by atoms with Gasteiger partial charge >= 0.3 is 0 Å². The van der Waals surface area contributed by atoms with Crippen LogP contribution in [0.2, 0.25) is 5.02 Å². The maximum Gasteiger partial charge on any atom is 0.199 e. The molecule has 1 atom stereocenters. The highest BCUT2D eigenvalue weighted by molar-refractivity contribution is 14.1. The number of aliphatic hydroxyl groups excluding tert-OH is 2. The van der Waals surface area contributed by atoms with E-state index in [9.17, 15) is 15.0 Å². The van der Waals surface area contributed by atoms with Gasteiger partial charge in [-0.1, -0.05) is 32.4 Å². The van der Waals surface area contributed by atoms with Crippen LogP contribution >= 0.6 is 56.8 Å². The second-order valence-electron chi connectivity index (χ2n) is 7.29. The van der Waals surface area contributed by atoms with Crippen LogP contribution in [0.5, 0.6) is 5.75 Å². The van der Waals surface area contributed by atoms with Crippen molar-refractivity contribution < 1.29 is 19.7 Å². The monoisotopic (exact) mass is 619 g/mol. The molecule has 0 aliphatic rings. The van der Waals surface area contributed by atoms with Crippen molar-refractivity contribution in [3.05, 3.63) is 35.6 Å². The lowest BCUT2D eigenvalue weighted by Gasteiger charge is -2.25. The summed E-state index contributed by atoms with van der Waals surface area (Å²) < 4.78 is 7.16. The first-order valence-electron chi connectivity index (χ1n) is 8.31. The number of hydrogen-bond acceptors (Lipinski definition) is 5. The lowest BCUT2D eigenvalue weighted by Crippen LogP contribution is -2.28. The number of halogens is 3. The molecule has 1 aromatic carbocycles. The molecule has 0 aliphatic heterocycles. The number of nitrogens with zero attached hydrogens (tertiary/aromatic N) is 1. The standard InChI is InChI=1S/C19H24ClI2NO4/c1-10(2)27-18-13(21)6-12(15(20)16(18)22)17(26)11(8-24)7-23-14(9-25)19(3,4)5/h6-8,10,14,24-25H,9H2,1-5H3/t14-/m1/s1. The minimum absolute atomic E-state index is 0.0104. The quantitative estimate of drug-likeness (QED) is 0.107. The van der Waals surface area contributed by atoms with E-state index in [1.54, 1.807) is 6.07 Å². The Hall–Kier alpha value is -0.390. The molecule has 2 N–H and O–H groups in total. The molecule has 0 aliphatic carbocycles. The first-order valence-corrected chi connectivity index (χ1v) is 10.8. The molecule has 150 valence electrons. The summed E-state index contributed by atoms with van der Waals surface area (Å²) in [6, 6.07) is 1.23. The summed E-state index contributed by atoms with van der Waals surface area (Å²) in [5, 5.41) is 19.3. The third kappa shape index (κ3) is 6.57. The van der Waals surface area contributed by atoms with Gasteiger partial charge in [-0.15, -0.1) is 0 Å². The number of carbonyl (C=O) groups excluding carboxylic acids is 1. The van der Waals surface area contributed by atoms with Crippen LogP contribution in [0.4, 0.5) is 0 Å². The highest BCUT2D eigenvalue weighted by Crippen LogP contribution is 2.37. The molecule has 0 amide bonds. The van der Waals surface area contributed by atoms with Gasteiger partial charge in [0.1, 0.15) is 5.75 Å². The zero-order chi connectivity index (χ0) is 20.9. The number of allylic oxidation sites excluding steroid dienone is 1. The lowest BCUT2D eigenvalue weighted by molar-refractivity contribution is 0.103. The Bertz CT molecular complexity index is 755. The molecule has 0 saturated carbocycles. The van der Waals surface area contributed by atoms with Gasteiger partial charge in [0.05, 0.1) is 42.8 Å². The maximum absolute atomic E-state index is 12.9. The highest BCUT2D eigenvalue weighted by Gasteiger charge is 2.25. The number of ketones is 1. The van der Waals surface area contributed by atoms with Crippen molar-refractivity contribution in [1.82, 2.24) is 0 Å². The molecule has 0 heterocycles. The van der Waals surface area contributed by atoms with Crippen molar-refractivity contribution in [2.24, 2.45) is 10.4 Å². The number of carbonyl (C=O) groups is 1. The van der Waals surface area contributed by atoms with Gasteiger partial charge in [0.25, 0.3) is 0 Å². The van der Waals surface area contributed by atoms with E-state index in [-0.39, 0.29) is 34.3 Å². The number of rotatable bonds is 7. The van der Waals surface area contributed by atoms with E-state index in [1.165, 1.54) is 6.21 Å². The summed E-state index contributed by atoms with van der Waals surface area (Å²) in [5.41, 5.74) is -0.0408. The van der Waals surface area contributed by atoms with Crippen molar-refractivity contribution in [2.45, 2.75) is 46.8 Å². The van der Waals surface area contributed by atoms with Crippen molar-refractivity contribution in [1.29, 1.82) is 0 Å². The second kappa shape index (κ2) is 10.4. The fourth-order valence-corrected chi connectivity index (χ4v) is 4.27. The molecule has 27 heavy (non-hydrogen) atoms. The molecule has 0 fully saturated rings. The number of ether oxygens (including phenoxy) is 1. The van der Waals surface area contributed by atoms with Crippen LogP contribution in [0, 0.1) is 12.6 Å². The van der Waals surface area contributed by atoms with Crippen molar-refractivity contribution in [2.75, 3.05) is 6.61 Å². The molecule has 0 aromatic heterocycles. The Morgan fingerprint density at radius 3 is 2.41 bits per heavy atom. The molecule has 0 unspecified atom stereocenters. The highest BCUT2D eigenvalue weighted by atomic mass is 127. The fraction of sp³-hybridized carbons (Fsp3) is 0.474. The minimum atomic E-state index is -0.455. The maximum atomic E-state index is 12.9. The van der Waals surface area contributed by atoms with Crippen molar-refractivity contribution in [3.8, 4) is 5.75 Å². The summed E-state index contributed by atoms with van der Waals surface area (Å²) in [4.78, 5) is 17.1. The zero-order valence-electron chi connectivity index (χ0n) is 15.9. The van der Waals surface area contributed by atoms with Gasteiger partial charge in [-0.2, -0.15) is 0 Å². The van der Waals surface area contributed by atoms with E-state index in [4.69, 9.17) is 16.3 Å². The normalized spacial score (nSPS) is 14.1. The zero-order valence-corrected chi connectivity index (χ0v) is 21.0. The Morgan fingerprint density at radius 1 is 1.37 bits per heavy atom. The first-order chi connectivity index (χ1) is 12.4. The molecular formula is C19H24ClI2NO4. The number of aliphatic imine (C=N–C) groups is 1. The van der Waals surface area contributed by atoms with Crippen molar-refractivity contribution in [3.63, 3.8) is 0 Å². The Labute approximate surface area is 192 Å². The molecule has 0 bridgehead atoms. The van der Waals surface area contributed by atoms with E-state index in [0.29, 0.717) is 15.6 Å². The number of benzene rings is 1. The van der Waals surface area contributed by atoms with E-state index >= 15 is 0 Å². The third-order valence-corrected chi connectivity index (χ3v) is 6.22. The second-order valence-corrected chi connectivity index (χ2v) is 9.90. The van der Waals surface area contributed by atoms with Gasteiger partial charge in [-0.05, 0) is 70.5 Å². The minimum Gasteiger partial charge on any atom is -0.515 e. The van der Waals surface area contributed by atoms with Gasteiger partial charge in [-0.3, -0.25) is 9.79 Å². The Kier molecular flexibility index (Phi) is 9.50. The summed E-state index contributed by atoms with van der Waals surface area (Å²) in [6.07, 6.45) is 1.96. The van der Waals surface area contributed by atoms with Crippen LogP contribution in [0.15, 0.2) is 22.9 Å². The molecule has 0 spiro atoms. The molecule has 5 nitrogen and oxygen atoms in total. The smallest absolute Gasteiger partial charge is 0.199 e. The van der Waals surface area contributed by atoms with Crippen LogP contribution in [0.25, 0.3) is 0 Å². The average molecular weight is 620 g/mol. The topological polar surface area (TPSA) is 79.1 Å². The lowest BCUT2D eigenvalue weighted by atomic mass is 9.88. The molecular weight excluding hydrogens is 595 g/mol. The van der Waals surface area contributed by atoms with Gasteiger partial charge in [0.2, 0.25) is 0 Å². The van der Waals surface area contributed by atoms with E-state index in [2.05, 4.69) is 27.6 Å². The van der Waals surface area contributed by atoms with Crippen molar-refractivity contribution >= 4 is 68.8 Å². The first kappa shape index (κ1) is 24.6. The predicted octanol–water partition coefficient (Wildman–Crippen LogP) is 5.44. The van der Waals surface area contributed by atoms with Gasteiger partial charge in [-0.25, -0.2) is 0 Å². The number of hydrogen-bond donors (Lipinski definition) is 2. The number of aliphatic hydroxyl groups is 2. The van der Waals surface area contributed by atoms with E-state index in [1.807, 2.05) is 57.2 Å². The van der Waals surface area contributed by atoms with Crippen LogP contribution in [-0.4, -0.2) is 41.0 Å². The van der Waals surface area contributed by atoms with Crippen LogP contribution in [-0.2, 0) is 0 Å². The summed E-state index contributed by atoms with van der Waals surface area (Å²) in [5.74, 6) is 0.174. The predicted molar refractivity (Wildman–Crippen MR) is 127 cm³/mol. The van der Waals surface area contributed by atoms with E-state index < -0.39 is 11.8 Å². The summed E-state index contributed by atoms with van der Waals surface area (Å²) in [6.45, 7) is 9.47. The van der Waals surface area contributed by atoms with Crippen LogP contribution in [0.3, 0.4) is 0 Å². The Morgan fingerprint density at radius 2 is 1.96 bits per heavy atom. The molecule has 0 saturated heterocycles. The van der Waals surface area contributed by atoms with Gasteiger partial charge in [0, 0.05) is 11.8 Å². The fourth-order valence-electron chi connectivity index (χ4n) is 2.11. The SMILES string of the molecule is CC(C)Oc1c(I)cc(C(=O)C(C=N[C@H](CO)C(C)(C)C)=CO)c(Cl)c1I. The van der Waals surface area contributed by atoms with E-state index in [0.717, 1.165) is 3.57 Å². The third-order valence-electron chi connectivity index (χ3n) is 3.68. The van der Waals surface area contributed by atoms with Crippen LogP contribution in [0.1, 0.15) is 45.0 Å².